The van der Waals surface area contributed by atoms with E-state index in [1.807, 2.05) is 11.4 Å². The molecule has 0 radical (unpaired) electrons. The summed E-state index contributed by atoms with van der Waals surface area (Å²) in [7, 11) is -0.793. The molecule has 1 aromatic rings. The summed E-state index contributed by atoms with van der Waals surface area (Å²) in [6.45, 7) is 0.499. The molecule has 1 heterocycles. The Kier molecular flexibility index (Phi) is 4.42. The van der Waals surface area contributed by atoms with Crippen LogP contribution in [0.3, 0.4) is 0 Å². The van der Waals surface area contributed by atoms with Crippen LogP contribution in [0.15, 0.2) is 15.9 Å². The van der Waals surface area contributed by atoms with Crippen molar-refractivity contribution in [1.29, 1.82) is 0 Å². The van der Waals surface area contributed by atoms with E-state index >= 15 is 0 Å². The van der Waals surface area contributed by atoms with Gasteiger partial charge in [-0.1, -0.05) is 0 Å². The standard InChI is InChI=1S/C7H10BrNOS2/c8-6-3-7(11-4-6)5-12(10)2-1-9/h3-4H,1-2,5,9H2. The van der Waals surface area contributed by atoms with Crippen molar-refractivity contribution in [3.63, 3.8) is 0 Å². The molecule has 2 N–H and O–H groups in total. The predicted molar refractivity (Wildman–Crippen MR) is 57.8 cm³/mol. The van der Waals surface area contributed by atoms with E-state index in [0.29, 0.717) is 18.1 Å². The third-order valence-corrected chi connectivity index (χ3v) is 4.47. The molecule has 0 amide bonds. The van der Waals surface area contributed by atoms with Gasteiger partial charge >= 0.3 is 0 Å². The fraction of sp³-hybridized carbons (Fsp3) is 0.429. The maximum atomic E-state index is 11.2. The van der Waals surface area contributed by atoms with Crippen molar-refractivity contribution < 1.29 is 4.21 Å². The first-order valence-electron chi connectivity index (χ1n) is 3.50. The van der Waals surface area contributed by atoms with Gasteiger partial charge < -0.3 is 5.73 Å². The molecule has 0 aliphatic carbocycles. The van der Waals surface area contributed by atoms with Crippen molar-refractivity contribution in [2.24, 2.45) is 5.73 Å². The summed E-state index contributed by atoms with van der Waals surface area (Å²) >= 11 is 4.97. The normalized spacial score (nSPS) is 13.2. The topological polar surface area (TPSA) is 43.1 Å². The summed E-state index contributed by atoms with van der Waals surface area (Å²) in [5.74, 6) is 1.23. The molecule has 0 aliphatic rings. The van der Waals surface area contributed by atoms with Crippen molar-refractivity contribution in [2.75, 3.05) is 12.3 Å². The van der Waals surface area contributed by atoms with Crippen molar-refractivity contribution >= 4 is 38.1 Å². The molecule has 0 spiro atoms. The molecular formula is C7H10BrNOS2. The zero-order valence-corrected chi connectivity index (χ0v) is 9.68. The lowest BCUT2D eigenvalue weighted by Crippen LogP contribution is -2.11. The second-order valence-corrected chi connectivity index (χ2v) is 5.80. The molecule has 5 heteroatoms. The molecule has 1 unspecified atom stereocenters. The first-order chi connectivity index (χ1) is 5.72. The highest BCUT2D eigenvalue weighted by Gasteiger charge is 2.02. The molecule has 0 saturated carbocycles. The van der Waals surface area contributed by atoms with Crippen LogP contribution in [0.1, 0.15) is 4.88 Å². The van der Waals surface area contributed by atoms with E-state index in [1.54, 1.807) is 11.3 Å². The second-order valence-electron chi connectivity index (χ2n) is 2.31. The highest BCUT2D eigenvalue weighted by Crippen LogP contribution is 2.20. The summed E-state index contributed by atoms with van der Waals surface area (Å²) in [4.78, 5) is 1.15. The van der Waals surface area contributed by atoms with E-state index in [0.717, 1.165) is 9.35 Å². The third kappa shape index (κ3) is 3.35. The van der Waals surface area contributed by atoms with E-state index in [4.69, 9.17) is 5.73 Å². The fourth-order valence-electron chi connectivity index (χ4n) is 0.792. The van der Waals surface area contributed by atoms with Gasteiger partial charge in [0, 0.05) is 37.8 Å². The van der Waals surface area contributed by atoms with Gasteiger partial charge in [0.2, 0.25) is 0 Å². The van der Waals surface area contributed by atoms with Gasteiger partial charge in [0.25, 0.3) is 0 Å². The first kappa shape index (κ1) is 10.4. The van der Waals surface area contributed by atoms with Crippen LogP contribution < -0.4 is 5.73 Å². The van der Waals surface area contributed by atoms with Gasteiger partial charge in [-0.2, -0.15) is 0 Å². The highest BCUT2D eigenvalue weighted by molar-refractivity contribution is 9.10. The van der Waals surface area contributed by atoms with Crippen molar-refractivity contribution in [3.8, 4) is 0 Å². The van der Waals surface area contributed by atoms with E-state index in [2.05, 4.69) is 15.9 Å². The Morgan fingerprint density at radius 2 is 2.42 bits per heavy atom. The molecule has 12 heavy (non-hydrogen) atoms. The molecule has 0 aromatic carbocycles. The Bertz CT molecular complexity index is 274. The lowest BCUT2D eigenvalue weighted by Gasteiger charge is -1.95. The zero-order valence-electron chi connectivity index (χ0n) is 6.46. The van der Waals surface area contributed by atoms with Crippen molar-refractivity contribution in [2.45, 2.75) is 5.75 Å². The molecule has 0 saturated heterocycles. The van der Waals surface area contributed by atoms with Gasteiger partial charge in [-0.25, -0.2) is 0 Å². The van der Waals surface area contributed by atoms with E-state index in [-0.39, 0.29) is 0 Å². The molecule has 0 aliphatic heterocycles. The fourth-order valence-corrected chi connectivity index (χ4v) is 3.50. The minimum absolute atomic E-state index is 0.499. The van der Waals surface area contributed by atoms with Gasteiger partial charge in [0.1, 0.15) is 0 Å². The van der Waals surface area contributed by atoms with Gasteiger partial charge in [0.05, 0.1) is 5.75 Å². The van der Waals surface area contributed by atoms with Gasteiger partial charge in [-0.15, -0.1) is 11.3 Å². The Morgan fingerprint density at radius 3 is 2.92 bits per heavy atom. The van der Waals surface area contributed by atoms with E-state index in [1.165, 1.54) is 0 Å². The maximum absolute atomic E-state index is 11.2. The monoisotopic (exact) mass is 267 g/mol. The van der Waals surface area contributed by atoms with Crippen LogP contribution in [0.2, 0.25) is 0 Å². The lowest BCUT2D eigenvalue weighted by molar-refractivity contribution is 0.682. The third-order valence-electron chi connectivity index (χ3n) is 1.27. The van der Waals surface area contributed by atoms with Crippen LogP contribution in [0.4, 0.5) is 0 Å². The molecule has 2 nitrogen and oxygen atoms in total. The van der Waals surface area contributed by atoms with Crippen LogP contribution in [0.5, 0.6) is 0 Å². The van der Waals surface area contributed by atoms with Gasteiger partial charge in [-0.3, -0.25) is 4.21 Å². The summed E-state index contributed by atoms with van der Waals surface area (Å²) in [6.07, 6.45) is 0. The molecule has 1 aromatic heterocycles. The van der Waals surface area contributed by atoms with Crippen LogP contribution in [0.25, 0.3) is 0 Å². The number of rotatable bonds is 4. The first-order valence-corrected chi connectivity index (χ1v) is 6.66. The Balaban J connectivity index is 2.46. The number of halogens is 1. The van der Waals surface area contributed by atoms with Crippen molar-refractivity contribution in [1.82, 2.24) is 0 Å². The van der Waals surface area contributed by atoms with Gasteiger partial charge in [0.15, 0.2) is 0 Å². The number of hydrogen-bond acceptors (Lipinski definition) is 3. The number of thiophene rings is 1. The summed E-state index contributed by atoms with van der Waals surface area (Å²) in [5.41, 5.74) is 5.29. The number of nitrogens with two attached hydrogens (primary N) is 1. The smallest absolute Gasteiger partial charge is 0.0580 e. The summed E-state index contributed by atoms with van der Waals surface area (Å²) < 4.78 is 12.3. The second kappa shape index (κ2) is 5.11. The number of hydrogen-bond donors (Lipinski definition) is 1. The van der Waals surface area contributed by atoms with Crippen molar-refractivity contribution in [3.05, 3.63) is 20.8 Å². The minimum Gasteiger partial charge on any atom is -0.330 e. The van der Waals surface area contributed by atoms with E-state index < -0.39 is 10.8 Å². The molecule has 68 valence electrons. The average molecular weight is 268 g/mol. The quantitative estimate of drug-likeness (QED) is 0.903. The molecule has 0 bridgehead atoms. The maximum Gasteiger partial charge on any atom is 0.0580 e. The van der Waals surface area contributed by atoms with Crippen LogP contribution in [0, 0.1) is 0 Å². The Morgan fingerprint density at radius 1 is 1.67 bits per heavy atom. The minimum atomic E-state index is -0.793. The summed E-state index contributed by atoms with van der Waals surface area (Å²) in [5, 5.41) is 2.00. The van der Waals surface area contributed by atoms with Crippen LogP contribution >= 0.6 is 27.3 Å². The SMILES string of the molecule is NCCS(=O)Cc1cc(Br)cs1. The molecule has 0 fully saturated rings. The predicted octanol–water partition coefficient (Wildman–Crippen LogP) is 1.72. The van der Waals surface area contributed by atoms with E-state index in [9.17, 15) is 4.21 Å². The lowest BCUT2D eigenvalue weighted by atomic mass is 10.5. The van der Waals surface area contributed by atoms with Crippen LogP contribution in [-0.4, -0.2) is 16.5 Å². The summed E-state index contributed by atoms with van der Waals surface area (Å²) in [6, 6.07) is 2.00. The molecule has 1 rings (SSSR count). The Hall–Kier alpha value is 0.290. The zero-order chi connectivity index (χ0) is 8.97. The highest BCUT2D eigenvalue weighted by atomic mass is 79.9. The van der Waals surface area contributed by atoms with Crippen LogP contribution in [-0.2, 0) is 16.6 Å². The molecular weight excluding hydrogens is 258 g/mol. The average Bonchev–Trinajstić information content (AvgIpc) is 2.36. The van der Waals surface area contributed by atoms with Gasteiger partial charge in [-0.05, 0) is 22.0 Å². The molecule has 1 atom stereocenters. The Labute approximate surface area is 86.7 Å². The largest absolute Gasteiger partial charge is 0.330 e.